The Hall–Kier alpha value is -2.19. The van der Waals surface area contributed by atoms with Crippen LogP contribution in [0.2, 0.25) is 5.02 Å². The van der Waals surface area contributed by atoms with Gasteiger partial charge in [0.05, 0.1) is 22.1 Å². The number of amides is 1. The molecule has 0 atom stereocenters. The predicted molar refractivity (Wildman–Crippen MR) is 74.2 cm³/mol. The average molecular weight is 314 g/mol. The molecular formula is C11H8ClN3O4S. The summed E-state index contributed by atoms with van der Waals surface area (Å²) in [6, 6.07) is 3.60. The molecule has 0 bridgehead atoms. The molecule has 20 heavy (non-hydrogen) atoms. The summed E-state index contributed by atoms with van der Waals surface area (Å²) in [6.07, 6.45) is 0. The third-order valence-corrected chi connectivity index (χ3v) is 3.45. The molecule has 1 aromatic carbocycles. The smallest absolute Gasteiger partial charge is 0.304 e. The number of rotatable bonds is 4. The van der Waals surface area contributed by atoms with Crippen LogP contribution < -0.4 is 10.2 Å². The van der Waals surface area contributed by atoms with Gasteiger partial charge >= 0.3 is 4.87 Å². The van der Waals surface area contributed by atoms with E-state index in [2.05, 4.69) is 10.3 Å². The molecule has 0 fully saturated rings. The molecule has 0 unspecified atom stereocenters. The summed E-state index contributed by atoms with van der Waals surface area (Å²) in [5.74, 6) is -0.475. The number of nitrogens with zero attached hydrogens (tertiary/aromatic N) is 1. The lowest BCUT2D eigenvalue weighted by molar-refractivity contribution is -0.384. The molecule has 0 spiro atoms. The van der Waals surface area contributed by atoms with Crippen molar-refractivity contribution in [3.63, 3.8) is 0 Å². The van der Waals surface area contributed by atoms with E-state index in [-0.39, 0.29) is 27.7 Å². The zero-order valence-corrected chi connectivity index (χ0v) is 11.5. The van der Waals surface area contributed by atoms with Gasteiger partial charge in [0.1, 0.15) is 0 Å². The maximum atomic E-state index is 11.9. The molecule has 0 saturated heterocycles. The van der Waals surface area contributed by atoms with Crippen molar-refractivity contribution in [2.45, 2.75) is 6.54 Å². The van der Waals surface area contributed by atoms with Crippen LogP contribution in [0.15, 0.2) is 28.4 Å². The van der Waals surface area contributed by atoms with Crippen LogP contribution in [0.5, 0.6) is 0 Å². The fraction of sp³-hybridized carbons (Fsp3) is 0.0909. The molecular weight excluding hydrogens is 306 g/mol. The van der Waals surface area contributed by atoms with Crippen molar-refractivity contribution in [1.82, 2.24) is 10.3 Å². The number of aromatic nitrogens is 1. The predicted octanol–water partition coefficient (Wildman–Crippen LogP) is 1.93. The summed E-state index contributed by atoms with van der Waals surface area (Å²) < 4.78 is 0. The Balaban J connectivity index is 2.09. The molecule has 0 radical (unpaired) electrons. The normalized spacial score (nSPS) is 10.2. The van der Waals surface area contributed by atoms with Gasteiger partial charge in [-0.15, -0.1) is 0 Å². The van der Waals surface area contributed by atoms with Gasteiger partial charge in [0.25, 0.3) is 11.6 Å². The lowest BCUT2D eigenvalue weighted by Crippen LogP contribution is -2.23. The van der Waals surface area contributed by atoms with Crippen molar-refractivity contribution in [1.29, 1.82) is 0 Å². The number of carbonyl (C=O) groups is 1. The Labute approximate surface area is 121 Å². The number of nitrogens with one attached hydrogen (secondary N) is 2. The van der Waals surface area contributed by atoms with Crippen molar-refractivity contribution in [2.24, 2.45) is 0 Å². The van der Waals surface area contributed by atoms with E-state index in [1.807, 2.05) is 0 Å². The second kappa shape index (κ2) is 5.85. The summed E-state index contributed by atoms with van der Waals surface area (Å²) in [6.45, 7) is 0.144. The zero-order chi connectivity index (χ0) is 14.7. The molecule has 9 heteroatoms. The zero-order valence-electron chi connectivity index (χ0n) is 9.88. The Kier molecular flexibility index (Phi) is 4.16. The van der Waals surface area contributed by atoms with Gasteiger partial charge in [0.2, 0.25) is 0 Å². The maximum absolute atomic E-state index is 11.9. The number of benzene rings is 1. The first-order valence-corrected chi connectivity index (χ1v) is 6.62. The summed E-state index contributed by atoms with van der Waals surface area (Å²) >= 11 is 6.83. The van der Waals surface area contributed by atoms with E-state index in [0.717, 1.165) is 17.4 Å². The highest BCUT2D eigenvalue weighted by atomic mass is 35.5. The van der Waals surface area contributed by atoms with Crippen LogP contribution in [0, 0.1) is 10.1 Å². The summed E-state index contributed by atoms with van der Waals surface area (Å²) in [5.41, 5.74) is 0.523. The number of carbonyl (C=O) groups excluding carboxylic acids is 1. The molecule has 0 aliphatic rings. The number of H-pyrrole nitrogens is 1. The molecule has 1 heterocycles. The number of thiazole rings is 1. The molecule has 0 aliphatic carbocycles. The van der Waals surface area contributed by atoms with Crippen LogP contribution in [-0.4, -0.2) is 15.8 Å². The number of nitro groups is 1. The van der Waals surface area contributed by atoms with Crippen molar-refractivity contribution in [2.75, 3.05) is 0 Å². The summed E-state index contributed by atoms with van der Waals surface area (Å²) in [7, 11) is 0. The van der Waals surface area contributed by atoms with Crippen LogP contribution in [-0.2, 0) is 6.54 Å². The largest absolute Gasteiger partial charge is 0.346 e. The van der Waals surface area contributed by atoms with Gasteiger partial charge < -0.3 is 10.3 Å². The van der Waals surface area contributed by atoms with E-state index in [9.17, 15) is 19.7 Å². The van der Waals surface area contributed by atoms with Crippen molar-refractivity contribution in [3.05, 3.63) is 59.6 Å². The molecule has 1 aromatic heterocycles. The minimum absolute atomic E-state index is 0.00416. The van der Waals surface area contributed by atoms with Gasteiger partial charge in [0, 0.05) is 23.2 Å². The first-order chi connectivity index (χ1) is 9.47. The highest BCUT2D eigenvalue weighted by Gasteiger charge is 2.14. The topological polar surface area (TPSA) is 105 Å². The standard InChI is InChI=1S/C11H8ClN3O4S/c12-9-3-7(15(18)19)1-2-8(9)10(16)13-4-6-5-20-11(17)14-6/h1-3,5H,4H2,(H,13,16)(H,14,17). The Morgan fingerprint density at radius 3 is 2.80 bits per heavy atom. The van der Waals surface area contributed by atoms with Crippen LogP contribution in [0.4, 0.5) is 5.69 Å². The van der Waals surface area contributed by atoms with Gasteiger partial charge in [-0.3, -0.25) is 19.7 Å². The molecule has 0 saturated carbocycles. The molecule has 2 aromatic rings. The average Bonchev–Trinajstić information content (AvgIpc) is 2.81. The molecule has 1 amide bonds. The van der Waals surface area contributed by atoms with Gasteiger partial charge in [0.15, 0.2) is 0 Å². The maximum Gasteiger partial charge on any atom is 0.304 e. The van der Waals surface area contributed by atoms with E-state index < -0.39 is 10.8 Å². The quantitative estimate of drug-likeness (QED) is 0.664. The van der Waals surface area contributed by atoms with Gasteiger partial charge in [-0.2, -0.15) is 0 Å². The van der Waals surface area contributed by atoms with Crippen molar-refractivity contribution in [3.8, 4) is 0 Å². The number of hydrogen-bond donors (Lipinski definition) is 2. The number of nitro benzene ring substituents is 1. The third kappa shape index (κ3) is 3.22. The van der Waals surface area contributed by atoms with Crippen LogP contribution in [0.1, 0.15) is 16.1 Å². The monoisotopic (exact) mass is 313 g/mol. The highest BCUT2D eigenvalue weighted by molar-refractivity contribution is 7.07. The highest BCUT2D eigenvalue weighted by Crippen LogP contribution is 2.22. The molecule has 2 N–H and O–H groups in total. The number of aromatic amines is 1. The minimum atomic E-state index is -0.594. The second-order valence-electron chi connectivity index (χ2n) is 3.78. The minimum Gasteiger partial charge on any atom is -0.346 e. The van der Waals surface area contributed by atoms with Crippen molar-refractivity contribution < 1.29 is 9.72 Å². The van der Waals surface area contributed by atoms with Gasteiger partial charge in [-0.05, 0) is 6.07 Å². The lowest BCUT2D eigenvalue weighted by Gasteiger charge is -2.05. The molecule has 7 nitrogen and oxygen atoms in total. The molecule has 0 aliphatic heterocycles. The second-order valence-corrected chi connectivity index (χ2v) is 5.03. The van der Waals surface area contributed by atoms with Crippen LogP contribution in [0.25, 0.3) is 0 Å². The first kappa shape index (κ1) is 14.2. The Morgan fingerprint density at radius 1 is 1.50 bits per heavy atom. The number of halogens is 1. The van der Waals surface area contributed by atoms with Gasteiger partial charge in [-0.1, -0.05) is 22.9 Å². The van der Waals surface area contributed by atoms with Crippen LogP contribution >= 0.6 is 22.9 Å². The Bertz CT molecular complexity index is 724. The van der Waals surface area contributed by atoms with E-state index >= 15 is 0 Å². The molecule has 104 valence electrons. The fourth-order valence-electron chi connectivity index (χ4n) is 1.47. The van der Waals surface area contributed by atoms with E-state index in [0.29, 0.717) is 5.69 Å². The summed E-state index contributed by atoms with van der Waals surface area (Å²) in [5, 5.41) is 14.7. The van der Waals surface area contributed by atoms with Gasteiger partial charge in [-0.25, -0.2) is 0 Å². The lowest BCUT2D eigenvalue weighted by atomic mass is 10.2. The SMILES string of the molecule is O=C(NCc1csc(=O)[nH]1)c1ccc([N+](=O)[O-])cc1Cl. The van der Waals surface area contributed by atoms with E-state index in [4.69, 9.17) is 11.6 Å². The van der Waals surface area contributed by atoms with Crippen LogP contribution in [0.3, 0.4) is 0 Å². The Morgan fingerprint density at radius 2 is 2.25 bits per heavy atom. The number of hydrogen-bond acceptors (Lipinski definition) is 5. The summed E-state index contributed by atoms with van der Waals surface area (Å²) in [4.78, 5) is 35.1. The van der Waals surface area contributed by atoms with E-state index in [1.165, 1.54) is 12.1 Å². The van der Waals surface area contributed by atoms with E-state index in [1.54, 1.807) is 5.38 Å². The first-order valence-electron chi connectivity index (χ1n) is 5.36. The van der Waals surface area contributed by atoms with Crippen molar-refractivity contribution >= 4 is 34.5 Å². The third-order valence-electron chi connectivity index (χ3n) is 2.42. The fourth-order valence-corrected chi connectivity index (χ4v) is 2.32. The number of non-ortho nitro benzene ring substituents is 1. The molecule has 2 rings (SSSR count).